The number of rotatable bonds is 1. The summed E-state index contributed by atoms with van der Waals surface area (Å²) in [5.41, 5.74) is 0.106. The Balaban J connectivity index is 2.90. The minimum absolute atomic E-state index is 0.106. The van der Waals surface area contributed by atoms with Gasteiger partial charge in [-0.15, -0.1) is 0 Å². The standard InChI is InChI=1S/C8H5F4I/c9-6-2-1-5(7(13)3-6)4-8(10,11)12/h1-3H,4H2. The van der Waals surface area contributed by atoms with E-state index in [-0.39, 0.29) is 5.56 Å². The SMILES string of the molecule is Fc1ccc(CC(F)(F)F)c(I)c1. The van der Waals surface area contributed by atoms with Crippen molar-refractivity contribution >= 4 is 22.6 Å². The minimum Gasteiger partial charge on any atom is -0.207 e. The summed E-state index contributed by atoms with van der Waals surface area (Å²) in [4.78, 5) is 0. The van der Waals surface area contributed by atoms with Gasteiger partial charge in [-0.05, 0) is 40.3 Å². The third kappa shape index (κ3) is 3.50. The van der Waals surface area contributed by atoms with Gasteiger partial charge in [0.15, 0.2) is 0 Å². The predicted molar refractivity (Wildman–Crippen MR) is 48.9 cm³/mol. The molecule has 0 heterocycles. The summed E-state index contributed by atoms with van der Waals surface area (Å²) in [6.45, 7) is 0. The second kappa shape index (κ2) is 3.81. The van der Waals surface area contributed by atoms with Crippen molar-refractivity contribution in [3.63, 3.8) is 0 Å². The van der Waals surface area contributed by atoms with Crippen molar-refractivity contribution < 1.29 is 17.6 Å². The largest absolute Gasteiger partial charge is 0.393 e. The Morgan fingerprint density at radius 2 is 1.85 bits per heavy atom. The van der Waals surface area contributed by atoms with Crippen molar-refractivity contribution in [2.45, 2.75) is 12.6 Å². The second-order valence-corrected chi connectivity index (χ2v) is 3.69. The Bertz CT molecular complexity index is 306. The van der Waals surface area contributed by atoms with Gasteiger partial charge in [0.2, 0.25) is 0 Å². The van der Waals surface area contributed by atoms with Gasteiger partial charge in [-0.2, -0.15) is 13.2 Å². The van der Waals surface area contributed by atoms with E-state index in [4.69, 9.17) is 0 Å². The zero-order chi connectivity index (χ0) is 10.1. The number of alkyl halides is 3. The van der Waals surface area contributed by atoms with E-state index in [1.54, 1.807) is 22.6 Å². The molecule has 1 rings (SSSR count). The highest BCUT2D eigenvalue weighted by molar-refractivity contribution is 14.1. The molecule has 0 aromatic heterocycles. The molecule has 0 fully saturated rings. The smallest absolute Gasteiger partial charge is 0.207 e. The van der Waals surface area contributed by atoms with Crippen molar-refractivity contribution in [3.05, 3.63) is 33.1 Å². The van der Waals surface area contributed by atoms with Gasteiger partial charge < -0.3 is 0 Å². The molecule has 0 atom stereocenters. The first-order valence-corrected chi connectivity index (χ1v) is 4.47. The van der Waals surface area contributed by atoms with Gasteiger partial charge in [-0.25, -0.2) is 4.39 Å². The molecule has 0 aliphatic rings. The summed E-state index contributed by atoms with van der Waals surface area (Å²) in [5, 5.41) is 0. The van der Waals surface area contributed by atoms with Gasteiger partial charge in [-0.3, -0.25) is 0 Å². The summed E-state index contributed by atoms with van der Waals surface area (Å²) >= 11 is 1.69. The molecule has 0 aliphatic heterocycles. The molecule has 0 unspecified atom stereocenters. The van der Waals surface area contributed by atoms with E-state index in [0.717, 1.165) is 18.2 Å². The maximum atomic E-state index is 12.5. The number of hydrogen-bond acceptors (Lipinski definition) is 0. The molecule has 0 N–H and O–H groups in total. The van der Waals surface area contributed by atoms with E-state index < -0.39 is 18.4 Å². The van der Waals surface area contributed by atoms with Crippen molar-refractivity contribution in [3.8, 4) is 0 Å². The molecule has 1 aromatic carbocycles. The lowest BCUT2D eigenvalue weighted by atomic mass is 10.1. The quantitative estimate of drug-likeness (QED) is 0.550. The van der Waals surface area contributed by atoms with Crippen LogP contribution in [-0.2, 0) is 6.42 Å². The zero-order valence-electron chi connectivity index (χ0n) is 6.33. The van der Waals surface area contributed by atoms with E-state index in [0.29, 0.717) is 3.57 Å². The Morgan fingerprint density at radius 1 is 1.23 bits per heavy atom. The van der Waals surface area contributed by atoms with Crippen LogP contribution in [0.25, 0.3) is 0 Å². The van der Waals surface area contributed by atoms with Crippen LogP contribution in [0.1, 0.15) is 5.56 Å². The molecule has 0 spiro atoms. The Labute approximate surface area is 86.1 Å². The van der Waals surface area contributed by atoms with Gasteiger partial charge in [0, 0.05) is 3.57 Å². The van der Waals surface area contributed by atoms with Crippen molar-refractivity contribution in [2.75, 3.05) is 0 Å². The molecule has 0 nitrogen and oxygen atoms in total. The molecule has 0 radical (unpaired) electrons. The van der Waals surface area contributed by atoms with Gasteiger partial charge in [-0.1, -0.05) is 6.07 Å². The fourth-order valence-corrected chi connectivity index (χ4v) is 1.55. The number of halogens is 5. The first kappa shape index (κ1) is 10.7. The summed E-state index contributed by atoms with van der Waals surface area (Å²) in [6, 6.07) is 3.27. The lowest BCUT2D eigenvalue weighted by Crippen LogP contribution is -2.12. The van der Waals surface area contributed by atoms with Crippen LogP contribution < -0.4 is 0 Å². The summed E-state index contributed by atoms with van der Waals surface area (Å²) < 4.78 is 48.6. The highest BCUT2D eigenvalue weighted by Crippen LogP contribution is 2.24. The van der Waals surface area contributed by atoms with Gasteiger partial charge in [0.25, 0.3) is 0 Å². The third-order valence-corrected chi connectivity index (χ3v) is 2.41. The number of benzene rings is 1. The first-order valence-electron chi connectivity index (χ1n) is 3.39. The topological polar surface area (TPSA) is 0 Å². The molecule has 1 aromatic rings. The van der Waals surface area contributed by atoms with Gasteiger partial charge >= 0.3 is 6.18 Å². The van der Waals surface area contributed by atoms with E-state index in [1.165, 1.54) is 0 Å². The normalized spacial score (nSPS) is 11.8. The molecule has 5 heteroatoms. The number of hydrogen-bond donors (Lipinski definition) is 0. The summed E-state index contributed by atoms with van der Waals surface area (Å²) in [5.74, 6) is -0.518. The maximum absolute atomic E-state index is 12.5. The maximum Gasteiger partial charge on any atom is 0.393 e. The minimum atomic E-state index is -4.24. The van der Waals surface area contributed by atoms with Crippen LogP contribution in [0.5, 0.6) is 0 Å². The second-order valence-electron chi connectivity index (χ2n) is 2.53. The molecule has 0 bridgehead atoms. The first-order chi connectivity index (χ1) is 5.88. The van der Waals surface area contributed by atoms with Gasteiger partial charge in [0.1, 0.15) is 5.82 Å². The van der Waals surface area contributed by atoms with E-state index in [1.807, 2.05) is 0 Å². The average Bonchev–Trinajstić information content (AvgIpc) is 1.93. The van der Waals surface area contributed by atoms with Crippen LogP contribution in [0.2, 0.25) is 0 Å². The van der Waals surface area contributed by atoms with Gasteiger partial charge in [0.05, 0.1) is 6.42 Å². The third-order valence-electron chi connectivity index (χ3n) is 1.41. The van der Waals surface area contributed by atoms with Crippen molar-refractivity contribution in [1.29, 1.82) is 0 Å². The van der Waals surface area contributed by atoms with E-state index in [9.17, 15) is 17.6 Å². The predicted octanol–water partition coefficient (Wildman–Crippen LogP) is 3.54. The summed E-state index contributed by atoms with van der Waals surface area (Å²) in [6.07, 6.45) is -5.25. The molecule has 0 saturated carbocycles. The average molecular weight is 304 g/mol. The van der Waals surface area contributed by atoms with Crippen LogP contribution in [0.4, 0.5) is 17.6 Å². The Hall–Kier alpha value is -0.330. The molecular formula is C8H5F4I. The Morgan fingerprint density at radius 3 is 2.31 bits per heavy atom. The molecule has 0 amide bonds. The van der Waals surface area contributed by atoms with Crippen LogP contribution in [0.15, 0.2) is 18.2 Å². The zero-order valence-corrected chi connectivity index (χ0v) is 8.49. The molecule has 0 saturated heterocycles. The monoisotopic (exact) mass is 304 g/mol. The van der Waals surface area contributed by atoms with E-state index >= 15 is 0 Å². The lowest BCUT2D eigenvalue weighted by Gasteiger charge is -2.07. The fraction of sp³-hybridized carbons (Fsp3) is 0.250. The highest BCUT2D eigenvalue weighted by Gasteiger charge is 2.28. The van der Waals surface area contributed by atoms with Crippen molar-refractivity contribution in [1.82, 2.24) is 0 Å². The molecule has 13 heavy (non-hydrogen) atoms. The molecule has 72 valence electrons. The highest BCUT2D eigenvalue weighted by atomic mass is 127. The van der Waals surface area contributed by atoms with Crippen LogP contribution in [0, 0.1) is 9.39 Å². The molecule has 0 aliphatic carbocycles. The lowest BCUT2D eigenvalue weighted by molar-refractivity contribution is -0.127. The fourth-order valence-electron chi connectivity index (χ4n) is 0.881. The van der Waals surface area contributed by atoms with Crippen LogP contribution in [-0.4, -0.2) is 6.18 Å². The summed E-state index contributed by atoms with van der Waals surface area (Å²) in [7, 11) is 0. The van der Waals surface area contributed by atoms with Crippen LogP contribution in [0.3, 0.4) is 0 Å². The molecular weight excluding hydrogens is 299 g/mol. The van der Waals surface area contributed by atoms with Crippen molar-refractivity contribution in [2.24, 2.45) is 0 Å². The Kier molecular flexibility index (Phi) is 3.15. The van der Waals surface area contributed by atoms with E-state index in [2.05, 4.69) is 0 Å². The van der Waals surface area contributed by atoms with Crippen LogP contribution >= 0.6 is 22.6 Å².